The van der Waals surface area contributed by atoms with E-state index in [4.69, 9.17) is 0 Å². The first-order valence-electron chi connectivity index (χ1n) is 7.68. The molecule has 5 heteroatoms. The number of anilines is 1. The molecule has 1 fully saturated rings. The summed E-state index contributed by atoms with van der Waals surface area (Å²) in [6, 6.07) is 4.16. The molecule has 1 saturated heterocycles. The summed E-state index contributed by atoms with van der Waals surface area (Å²) in [5.74, 6) is 2.74. The van der Waals surface area contributed by atoms with Gasteiger partial charge in [-0.15, -0.1) is 0 Å². The van der Waals surface area contributed by atoms with Gasteiger partial charge in [0.1, 0.15) is 5.82 Å². The zero-order valence-corrected chi connectivity index (χ0v) is 13.6. The molecule has 21 heavy (non-hydrogen) atoms. The zero-order chi connectivity index (χ0) is 15.2. The quantitative estimate of drug-likeness (QED) is 0.682. The fraction of sp³-hybridized carbons (Fsp3) is 0.625. The Labute approximate surface area is 128 Å². The highest BCUT2D eigenvalue weighted by molar-refractivity contribution is 5.80. The van der Waals surface area contributed by atoms with Crippen molar-refractivity contribution in [2.75, 3.05) is 39.1 Å². The van der Waals surface area contributed by atoms with E-state index in [1.165, 1.54) is 18.4 Å². The van der Waals surface area contributed by atoms with E-state index in [1.54, 1.807) is 0 Å². The minimum Gasteiger partial charge on any atom is -0.363 e. The first kappa shape index (κ1) is 15.6. The molecule has 0 bridgehead atoms. The molecule has 1 atom stereocenters. The van der Waals surface area contributed by atoms with Gasteiger partial charge >= 0.3 is 0 Å². The van der Waals surface area contributed by atoms with Gasteiger partial charge < -0.3 is 15.1 Å². The number of nitrogens with one attached hydrogen (secondary N) is 1. The number of piperidine rings is 1. The van der Waals surface area contributed by atoms with Crippen molar-refractivity contribution in [2.45, 2.75) is 26.3 Å². The van der Waals surface area contributed by atoms with E-state index in [1.807, 2.05) is 38.3 Å². The fourth-order valence-corrected chi connectivity index (χ4v) is 2.71. The van der Waals surface area contributed by atoms with Gasteiger partial charge in [0.05, 0.1) is 0 Å². The molecule has 0 aliphatic carbocycles. The van der Waals surface area contributed by atoms with E-state index in [-0.39, 0.29) is 0 Å². The molecule has 116 valence electrons. The summed E-state index contributed by atoms with van der Waals surface area (Å²) in [6.07, 6.45) is 4.43. The number of hydrogen-bond acceptors (Lipinski definition) is 3. The van der Waals surface area contributed by atoms with Crippen LogP contribution < -0.4 is 10.2 Å². The average molecular weight is 289 g/mol. The third kappa shape index (κ3) is 4.34. The van der Waals surface area contributed by atoms with Crippen molar-refractivity contribution in [1.29, 1.82) is 0 Å². The van der Waals surface area contributed by atoms with Crippen LogP contribution in [0, 0.1) is 5.92 Å². The minimum absolute atomic E-state index is 0.749. The molecule has 1 aliphatic rings. The van der Waals surface area contributed by atoms with Crippen LogP contribution in [0.2, 0.25) is 0 Å². The van der Waals surface area contributed by atoms with Crippen LogP contribution in [0.25, 0.3) is 0 Å². The molecule has 1 aromatic heterocycles. The molecule has 0 radical (unpaired) electrons. The predicted molar refractivity (Wildman–Crippen MR) is 88.7 cm³/mol. The third-order valence-electron chi connectivity index (χ3n) is 3.89. The number of pyridine rings is 1. The molecule has 0 spiro atoms. The van der Waals surface area contributed by atoms with Crippen molar-refractivity contribution < 1.29 is 0 Å². The van der Waals surface area contributed by atoms with Crippen LogP contribution >= 0.6 is 0 Å². The average Bonchev–Trinajstić information content (AvgIpc) is 2.48. The highest BCUT2D eigenvalue weighted by Gasteiger charge is 2.18. The number of rotatable bonds is 3. The minimum atomic E-state index is 0.749. The maximum Gasteiger partial charge on any atom is 0.193 e. The Hall–Kier alpha value is -1.78. The maximum absolute atomic E-state index is 4.42. The zero-order valence-electron chi connectivity index (χ0n) is 13.6. The molecule has 1 N–H and O–H groups in total. The predicted octanol–water partition coefficient (Wildman–Crippen LogP) is 1.95. The molecule has 2 rings (SSSR count). The molecular weight excluding hydrogens is 262 g/mol. The van der Waals surface area contributed by atoms with Crippen LogP contribution in [0.5, 0.6) is 0 Å². The van der Waals surface area contributed by atoms with Crippen molar-refractivity contribution in [2.24, 2.45) is 10.9 Å². The summed E-state index contributed by atoms with van der Waals surface area (Å²) in [6.45, 7) is 5.29. The Morgan fingerprint density at radius 1 is 1.52 bits per heavy atom. The largest absolute Gasteiger partial charge is 0.363 e. The number of aliphatic imine (C=N–C) groups is 1. The van der Waals surface area contributed by atoms with Gasteiger partial charge in [0, 0.05) is 47.0 Å². The topological polar surface area (TPSA) is 43.8 Å². The SMILES string of the molecule is CN=C(NCc1ccnc(N(C)C)c1)N1CCCC(C)C1. The standard InChI is InChI=1S/C16H27N5/c1-13-6-5-9-21(12-13)16(17-2)19-11-14-7-8-18-15(10-14)20(3)4/h7-8,10,13H,5-6,9,11-12H2,1-4H3,(H,17,19). The highest BCUT2D eigenvalue weighted by Crippen LogP contribution is 2.15. The van der Waals surface area contributed by atoms with Gasteiger partial charge in [0.2, 0.25) is 0 Å². The Morgan fingerprint density at radius 2 is 2.33 bits per heavy atom. The van der Waals surface area contributed by atoms with Crippen LogP contribution in [0.3, 0.4) is 0 Å². The van der Waals surface area contributed by atoms with E-state index in [9.17, 15) is 0 Å². The molecule has 0 saturated carbocycles. The first-order valence-corrected chi connectivity index (χ1v) is 7.68. The Bertz CT molecular complexity index is 483. The molecule has 1 aliphatic heterocycles. The number of aromatic nitrogens is 1. The summed E-state index contributed by atoms with van der Waals surface area (Å²) in [5.41, 5.74) is 1.22. The van der Waals surface area contributed by atoms with Crippen molar-refractivity contribution in [3.63, 3.8) is 0 Å². The van der Waals surface area contributed by atoms with Gasteiger partial charge in [-0.2, -0.15) is 0 Å². The summed E-state index contributed by atoms with van der Waals surface area (Å²) in [5, 5.41) is 3.47. The smallest absolute Gasteiger partial charge is 0.193 e. The van der Waals surface area contributed by atoms with Gasteiger partial charge in [-0.05, 0) is 36.5 Å². The van der Waals surface area contributed by atoms with Gasteiger partial charge in [-0.25, -0.2) is 4.98 Å². The van der Waals surface area contributed by atoms with Crippen molar-refractivity contribution in [3.8, 4) is 0 Å². The summed E-state index contributed by atoms with van der Waals surface area (Å²) in [4.78, 5) is 13.1. The first-order chi connectivity index (χ1) is 10.1. The molecule has 1 unspecified atom stereocenters. The second kappa shape index (κ2) is 7.29. The van der Waals surface area contributed by atoms with Crippen molar-refractivity contribution in [3.05, 3.63) is 23.9 Å². The number of likely N-dealkylation sites (tertiary alicyclic amines) is 1. The molecule has 5 nitrogen and oxygen atoms in total. The van der Waals surface area contributed by atoms with Gasteiger partial charge in [0.25, 0.3) is 0 Å². The molecular formula is C16H27N5. The lowest BCUT2D eigenvalue weighted by Gasteiger charge is -2.33. The lowest BCUT2D eigenvalue weighted by atomic mass is 10.0. The Balaban J connectivity index is 1.95. The van der Waals surface area contributed by atoms with E-state index in [0.29, 0.717) is 0 Å². The highest BCUT2D eigenvalue weighted by atomic mass is 15.3. The molecule has 2 heterocycles. The summed E-state index contributed by atoms with van der Waals surface area (Å²) < 4.78 is 0. The monoisotopic (exact) mass is 289 g/mol. The van der Waals surface area contributed by atoms with E-state index < -0.39 is 0 Å². The van der Waals surface area contributed by atoms with Crippen LogP contribution in [-0.2, 0) is 6.54 Å². The van der Waals surface area contributed by atoms with E-state index >= 15 is 0 Å². The summed E-state index contributed by atoms with van der Waals surface area (Å²) >= 11 is 0. The number of guanidine groups is 1. The molecule has 0 aromatic carbocycles. The van der Waals surface area contributed by atoms with Crippen molar-refractivity contribution >= 4 is 11.8 Å². The van der Waals surface area contributed by atoms with Crippen molar-refractivity contribution in [1.82, 2.24) is 15.2 Å². The lowest BCUT2D eigenvalue weighted by molar-refractivity contribution is 0.266. The van der Waals surface area contributed by atoms with Crippen LogP contribution in [0.1, 0.15) is 25.3 Å². The van der Waals surface area contributed by atoms with Gasteiger partial charge in [-0.1, -0.05) is 6.92 Å². The third-order valence-corrected chi connectivity index (χ3v) is 3.89. The Morgan fingerprint density at radius 3 is 3.00 bits per heavy atom. The normalized spacial score (nSPS) is 19.5. The molecule has 0 amide bonds. The second-order valence-corrected chi connectivity index (χ2v) is 6.01. The van der Waals surface area contributed by atoms with Crippen LogP contribution in [-0.4, -0.2) is 50.1 Å². The number of hydrogen-bond donors (Lipinski definition) is 1. The van der Waals surface area contributed by atoms with Crippen LogP contribution in [0.4, 0.5) is 5.82 Å². The lowest BCUT2D eigenvalue weighted by Crippen LogP contribution is -2.45. The maximum atomic E-state index is 4.42. The van der Waals surface area contributed by atoms with Crippen LogP contribution in [0.15, 0.2) is 23.3 Å². The van der Waals surface area contributed by atoms with E-state index in [0.717, 1.165) is 37.3 Å². The summed E-state index contributed by atoms with van der Waals surface area (Å²) in [7, 11) is 5.88. The number of nitrogens with zero attached hydrogens (tertiary/aromatic N) is 4. The van der Waals surface area contributed by atoms with Gasteiger partial charge in [0.15, 0.2) is 5.96 Å². The second-order valence-electron chi connectivity index (χ2n) is 6.01. The van der Waals surface area contributed by atoms with Gasteiger partial charge in [-0.3, -0.25) is 4.99 Å². The molecule has 1 aromatic rings. The van der Waals surface area contributed by atoms with E-state index in [2.05, 4.69) is 33.2 Å². The Kier molecular flexibility index (Phi) is 5.42. The fourth-order valence-electron chi connectivity index (χ4n) is 2.71.